The Balaban J connectivity index is 2.06. The Labute approximate surface area is 157 Å². The monoisotopic (exact) mass is 371 g/mol. The van der Waals surface area contributed by atoms with Crippen LogP contribution in [0.15, 0.2) is 54.1 Å². The number of hydrogen-bond donors (Lipinski definition) is 0. The highest BCUT2D eigenvalue weighted by Crippen LogP contribution is 2.20. The largest absolute Gasteiger partial charge is 0.489 e. The summed E-state index contributed by atoms with van der Waals surface area (Å²) in [5.74, 6) is -0.0874. The molecule has 134 valence electrons. The molecule has 5 nitrogen and oxygen atoms in total. The third-order valence-electron chi connectivity index (χ3n) is 3.38. The molecule has 0 amide bonds. The molecule has 2 aromatic rings. The van der Waals surface area contributed by atoms with Gasteiger partial charge in [0.25, 0.3) is 0 Å². The molecule has 2 rings (SSSR count). The van der Waals surface area contributed by atoms with Gasteiger partial charge in [-0.15, -0.1) is 0 Å². The van der Waals surface area contributed by atoms with Gasteiger partial charge in [-0.1, -0.05) is 41.9 Å². The van der Waals surface area contributed by atoms with E-state index in [1.165, 1.54) is 13.2 Å². The van der Waals surface area contributed by atoms with Crippen LogP contribution >= 0.6 is 11.6 Å². The van der Waals surface area contributed by atoms with Crippen molar-refractivity contribution in [2.45, 2.75) is 6.61 Å². The molecule has 26 heavy (non-hydrogen) atoms. The van der Waals surface area contributed by atoms with Crippen LogP contribution in [-0.2, 0) is 20.9 Å². The van der Waals surface area contributed by atoms with E-state index in [4.69, 9.17) is 31.1 Å². The fourth-order valence-electron chi connectivity index (χ4n) is 2.07. The van der Waals surface area contributed by atoms with Gasteiger partial charge in [0.15, 0.2) is 0 Å². The topological polar surface area (TPSA) is 68.5 Å². The van der Waals surface area contributed by atoms with Crippen molar-refractivity contribution in [3.8, 4) is 11.8 Å². The molecule has 0 spiro atoms. The van der Waals surface area contributed by atoms with Crippen LogP contribution in [0.2, 0.25) is 5.02 Å². The maximum absolute atomic E-state index is 11.9. The normalized spacial score (nSPS) is 10.9. The van der Waals surface area contributed by atoms with E-state index in [1.54, 1.807) is 30.3 Å². The lowest BCUT2D eigenvalue weighted by Gasteiger charge is -2.08. The summed E-state index contributed by atoms with van der Waals surface area (Å²) in [5.41, 5.74) is 1.43. The second kappa shape index (κ2) is 10.2. The van der Waals surface area contributed by atoms with Crippen molar-refractivity contribution in [2.75, 3.05) is 20.3 Å². The highest BCUT2D eigenvalue weighted by atomic mass is 35.5. The molecule has 2 aromatic carbocycles. The maximum Gasteiger partial charge on any atom is 0.348 e. The molecule has 0 unspecified atom stereocenters. The van der Waals surface area contributed by atoms with Crippen molar-refractivity contribution in [3.63, 3.8) is 0 Å². The molecular weight excluding hydrogens is 354 g/mol. The molecule has 0 aliphatic rings. The minimum Gasteiger partial charge on any atom is -0.489 e. The number of carbonyl (C=O) groups excluding carboxylic acids is 1. The molecule has 0 radical (unpaired) electrons. The number of methoxy groups -OCH3 is 1. The molecular formula is C20H18ClNO4. The van der Waals surface area contributed by atoms with Crippen LogP contribution in [0.3, 0.4) is 0 Å². The number of halogens is 1. The number of carbonyl (C=O) groups is 1. The number of ether oxygens (including phenoxy) is 3. The van der Waals surface area contributed by atoms with E-state index in [0.717, 1.165) is 5.56 Å². The molecule has 0 N–H and O–H groups in total. The molecule has 0 aliphatic heterocycles. The zero-order valence-electron chi connectivity index (χ0n) is 14.3. The molecule has 0 fully saturated rings. The van der Waals surface area contributed by atoms with Crippen molar-refractivity contribution < 1.29 is 19.0 Å². The Morgan fingerprint density at radius 1 is 1.19 bits per heavy atom. The maximum atomic E-state index is 11.9. The third-order valence-corrected chi connectivity index (χ3v) is 3.75. The van der Waals surface area contributed by atoms with Crippen LogP contribution in [0.25, 0.3) is 6.08 Å². The number of nitriles is 1. The third kappa shape index (κ3) is 5.92. The van der Waals surface area contributed by atoms with Gasteiger partial charge in [0, 0.05) is 17.7 Å². The molecule has 6 heteroatoms. The zero-order valence-corrected chi connectivity index (χ0v) is 15.0. The Morgan fingerprint density at radius 2 is 2.00 bits per heavy atom. The molecule has 0 bridgehead atoms. The number of rotatable bonds is 8. The van der Waals surface area contributed by atoms with E-state index >= 15 is 0 Å². The van der Waals surface area contributed by atoms with Crippen molar-refractivity contribution >= 4 is 23.6 Å². The lowest BCUT2D eigenvalue weighted by Crippen LogP contribution is -2.11. The first-order valence-corrected chi connectivity index (χ1v) is 8.26. The minimum absolute atomic E-state index is 0.0926. The zero-order chi connectivity index (χ0) is 18.8. The fraction of sp³-hybridized carbons (Fsp3) is 0.200. The summed E-state index contributed by atoms with van der Waals surface area (Å²) < 4.78 is 15.5. The Hall–Kier alpha value is -2.81. The van der Waals surface area contributed by atoms with Crippen LogP contribution in [0, 0.1) is 11.3 Å². The summed E-state index contributed by atoms with van der Waals surface area (Å²) in [6, 6.07) is 16.3. The van der Waals surface area contributed by atoms with Gasteiger partial charge in [-0.05, 0) is 29.8 Å². The first-order chi connectivity index (χ1) is 12.6. The molecule has 0 saturated carbocycles. The minimum atomic E-state index is -0.688. The number of esters is 1. The second-order valence-corrected chi connectivity index (χ2v) is 5.66. The SMILES string of the molecule is COCCOC(=O)/C(C#N)=C/c1cccc(OCc2ccccc2Cl)c1. The van der Waals surface area contributed by atoms with E-state index < -0.39 is 5.97 Å². The summed E-state index contributed by atoms with van der Waals surface area (Å²) in [6.45, 7) is 0.683. The molecule has 0 saturated heterocycles. The Kier molecular flexibility index (Phi) is 7.69. The summed E-state index contributed by atoms with van der Waals surface area (Å²) in [6.07, 6.45) is 1.46. The second-order valence-electron chi connectivity index (χ2n) is 5.25. The van der Waals surface area contributed by atoms with E-state index in [1.807, 2.05) is 24.3 Å². The standard InChI is InChI=1S/C20H18ClNO4/c1-24-9-10-25-20(23)17(13-22)11-15-5-4-7-18(12-15)26-14-16-6-2-3-8-19(16)21/h2-8,11-12H,9-10,14H2,1H3/b17-11+. The fourth-order valence-corrected chi connectivity index (χ4v) is 2.26. The number of hydrogen-bond acceptors (Lipinski definition) is 5. The van der Waals surface area contributed by atoms with Gasteiger partial charge in [0.05, 0.1) is 6.61 Å². The van der Waals surface area contributed by atoms with E-state index in [-0.39, 0.29) is 18.8 Å². The average molecular weight is 372 g/mol. The van der Waals surface area contributed by atoms with Gasteiger partial charge >= 0.3 is 5.97 Å². The van der Waals surface area contributed by atoms with Gasteiger partial charge in [-0.2, -0.15) is 5.26 Å². The van der Waals surface area contributed by atoms with Crippen molar-refractivity contribution in [2.24, 2.45) is 0 Å². The molecule has 0 aromatic heterocycles. The van der Waals surface area contributed by atoms with Crippen molar-refractivity contribution in [3.05, 3.63) is 70.3 Å². The van der Waals surface area contributed by atoms with Gasteiger partial charge < -0.3 is 14.2 Å². The van der Waals surface area contributed by atoms with Crippen molar-refractivity contribution in [1.29, 1.82) is 5.26 Å². The van der Waals surface area contributed by atoms with Crippen LogP contribution in [0.4, 0.5) is 0 Å². The molecule has 0 heterocycles. The van der Waals surface area contributed by atoms with Crippen LogP contribution < -0.4 is 4.74 Å². The van der Waals surface area contributed by atoms with Gasteiger partial charge in [0.2, 0.25) is 0 Å². The highest BCUT2D eigenvalue weighted by molar-refractivity contribution is 6.31. The van der Waals surface area contributed by atoms with E-state index in [9.17, 15) is 4.79 Å². The molecule has 0 aliphatic carbocycles. The predicted molar refractivity (Wildman–Crippen MR) is 98.7 cm³/mol. The first kappa shape index (κ1) is 19.5. The summed E-state index contributed by atoms with van der Waals surface area (Å²) in [4.78, 5) is 11.9. The van der Waals surface area contributed by atoms with E-state index in [2.05, 4.69) is 0 Å². The summed E-state index contributed by atoms with van der Waals surface area (Å²) >= 11 is 6.11. The Bertz CT molecular complexity index is 827. The average Bonchev–Trinajstić information content (AvgIpc) is 2.66. The summed E-state index contributed by atoms with van der Waals surface area (Å²) in [5, 5.41) is 9.80. The quantitative estimate of drug-likeness (QED) is 0.303. The number of benzene rings is 2. The van der Waals surface area contributed by atoms with Gasteiger partial charge in [0.1, 0.15) is 30.6 Å². The lowest BCUT2D eigenvalue weighted by molar-refractivity contribution is -0.139. The predicted octanol–water partition coefficient (Wildman–Crippen LogP) is 4.02. The number of nitrogens with zero attached hydrogens (tertiary/aromatic N) is 1. The van der Waals surface area contributed by atoms with Crippen molar-refractivity contribution in [1.82, 2.24) is 0 Å². The van der Waals surface area contributed by atoms with Gasteiger partial charge in [-0.3, -0.25) is 0 Å². The highest BCUT2D eigenvalue weighted by Gasteiger charge is 2.10. The lowest BCUT2D eigenvalue weighted by atomic mass is 10.1. The first-order valence-electron chi connectivity index (χ1n) is 7.88. The Morgan fingerprint density at radius 3 is 2.73 bits per heavy atom. The van der Waals surface area contributed by atoms with E-state index in [0.29, 0.717) is 22.9 Å². The summed E-state index contributed by atoms with van der Waals surface area (Å²) in [7, 11) is 1.50. The van der Waals surface area contributed by atoms with Crippen LogP contribution in [0.5, 0.6) is 5.75 Å². The van der Waals surface area contributed by atoms with Gasteiger partial charge in [-0.25, -0.2) is 4.79 Å². The molecule has 0 atom stereocenters. The van der Waals surface area contributed by atoms with Crippen LogP contribution in [0.1, 0.15) is 11.1 Å². The smallest absolute Gasteiger partial charge is 0.348 e. The van der Waals surface area contributed by atoms with Crippen LogP contribution in [-0.4, -0.2) is 26.3 Å².